The van der Waals surface area contributed by atoms with Gasteiger partial charge in [0.05, 0.1) is 11.0 Å². The molecule has 0 saturated carbocycles. The SMILES string of the molecule is CC1(C)c2ccccc2-c2cc3c4ccccc4n(-c4cccc(-c5nc(-c6ccccc6)nc(-c6ccccc6)n5)c4)c3cc21.[Ir].[c-]1ccccc1-c1cc(-c2ccccc2)ccn1.[c-]1ccccc1-c1ccccn1.c1ccc(-c2nc(-c3ccccc3)nc(-c3ccc(-c4c(-c5ccc(-c6nc(-c7ccccc7)nc(-c7ccccc7)n6)cc5)c5ccccc5c5ccccc45)cc3)n2)cc1. The molecule has 0 spiro atoms. The molecule has 139 heavy (non-hydrogen) atoms. The molecule has 0 atom stereocenters. The number of aromatic nitrogens is 12. The summed E-state index contributed by atoms with van der Waals surface area (Å²) in [6.45, 7) is 4.68. The molecule has 0 aliphatic heterocycles. The number of fused-ring (bicyclic) bond motifs is 9. The Bertz CT molecular complexity index is 7970. The zero-order chi connectivity index (χ0) is 92.5. The minimum Gasteiger partial charge on any atom is -0.309 e. The van der Waals surface area contributed by atoms with Gasteiger partial charge in [-0.1, -0.05) is 396 Å². The second kappa shape index (κ2) is 39.8. The molecule has 6 heterocycles. The summed E-state index contributed by atoms with van der Waals surface area (Å²) in [7, 11) is 0. The zero-order valence-electron chi connectivity index (χ0n) is 75.9. The van der Waals surface area contributed by atoms with Crippen LogP contribution in [0.4, 0.5) is 0 Å². The van der Waals surface area contributed by atoms with E-state index in [2.05, 4.69) is 241 Å². The van der Waals surface area contributed by atoms with Crippen LogP contribution in [0.1, 0.15) is 25.0 Å². The average molecular weight is 1960 g/mol. The molecule has 0 fully saturated rings. The first-order valence-electron chi connectivity index (χ1n) is 46.1. The monoisotopic (exact) mass is 1960 g/mol. The summed E-state index contributed by atoms with van der Waals surface area (Å²) >= 11 is 0. The third kappa shape index (κ3) is 18.4. The summed E-state index contributed by atoms with van der Waals surface area (Å²) in [6, 6.07) is 169. The molecular formula is C126H86IrN12-2. The summed E-state index contributed by atoms with van der Waals surface area (Å²) in [5.74, 6) is 5.73. The Hall–Kier alpha value is -17.7. The maximum absolute atomic E-state index is 5.00. The number of nitrogens with zero attached hydrogens (tertiary/aromatic N) is 12. The van der Waals surface area contributed by atoms with Crippen molar-refractivity contribution in [2.24, 2.45) is 0 Å². The average Bonchev–Trinajstić information content (AvgIpc) is 1.59. The van der Waals surface area contributed by atoms with Gasteiger partial charge in [0.2, 0.25) is 0 Å². The topological polar surface area (TPSA) is 147 Å². The van der Waals surface area contributed by atoms with E-state index in [1.165, 1.54) is 76.7 Å². The van der Waals surface area contributed by atoms with E-state index in [4.69, 9.17) is 44.9 Å². The van der Waals surface area contributed by atoms with Crippen molar-refractivity contribution in [2.45, 2.75) is 19.3 Å². The second-order valence-corrected chi connectivity index (χ2v) is 34.2. The molecule has 18 aromatic carbocycles. The Morgan fingerprint density at radius 3 is 0.978 bits per heavy atom. The standard InChI is InChI=1S/C56H36N6.C42H30N4.C17H12N.C11H8N.Ir/c1-5-17-39(18-6-1)51-57-52(40-19-7-2-8-20-40)60-55(59-51)43-33-29-37(30-34-43)49-47-27-15-13-25-45(47)46-26-14-16-28-48(46)50(49)38-31-35-44(36-32-38)56-61-53(41-21-9-3-10-22-41)58-54(62-56)42-23-11-4-12-24-42;1-42(2)35-22-11-9-20-31(35)33-25-34-32-21-10-12-23-37(32)46(38(34)26-36(33)42)30-19-13-18-29(24-30)41-44-39(27-14-5-3-6-15-27)43-40(45-41)28-16-7-4-8-17-28;1-3-7-14(8-4-1)16-11-12-18-17(13-16)15-9-5-2-6-10-15;1-2-6-10(7-3-1)11-8-4-5-9-12-11;/h1-36H;3-26H,1-2H3;1-9,11-13H;1-6,8-9H;/q;;2*-1;. The van der Waals surface area contributed by atoms with Gasteiger partial charge in [0.25, 0.3) is 0 Å². The number of hydrogen-bond acceptors (Lipinski definition) is 11. The Labute approximate surface area is 820 Å². The Balaban J connectivity index is 0.000000129. The van der Waals surface area contributed by atoms with E-state index in [1.807, 2.05) is 279 Å². The minimum absolute atomic E-state index is 0. The van der Waals surface area contributed by atoms with Crippen LogP contribution in [0.5, 0.6) is 0 Å². The first-order chi connectivity index (χ1) is 68.2. The van der Waals surface area contributed by atoms with Gasteiger partial charge < -0.3 is 14.5 Å². The number of para-hydroxylation sites is 1. The van der Waals surface area contributed by atoms with Gasteiger partial charge in [0.1, 0.15) is 0 Å². The number of benzene rings is 18. The third-order valence-electron chi connectivity index (χ3n) is 25.1. The summed E-state index contributed by atoms with van der Waals surface area (Å²) in [5, 5.41) is 7.25. The first-order valence-corrected chi connectivity index (χ1v) is 46.1. The van der Waals surface area contributed by atoms with Gasteiger partial charge in [-0.3, -0.25) is 0 Å². The van der Waals surface area contributed by atoms with Crippen molar-refractivity contribution in [1.82, 2.24) is 59.4 Å². The summed E-state index contributed by atoms with van der Waals surface area (Å²) < 4.78 is 2.39. The molecule has 0 amide bonds. The maximum atomic E-state index is 5.00. The molecular weight excluding hydrogens is 1870 g/mol. The number of pyridine rings is 2. The molecule has 0 bridgehead atoms. The third-order valence-corrected chi connectivity index (χ3v) is 25.1. The Morgan fingerprint density at radius 1 is 0.209 bits per heavy atom. The van der Waals surface area contributed by atoms with E-state index in [1.54, 1.807) is 6.20 Å². The predicted molar refractivity (Wildman–Crippen MR) is 562 cm³/mol. The van der Waals surface area contributed by atoms with Crippen LogP contribution in [0.3, 0.4) is 0 Å². The van der Waals surface area contributed by atoms with Gasteiger partial charge in [-0.2, -0.15) is 0 Å². The van der Waals surface area contributed by atoms with Crippen molar-refractivity contribution in [3.63, 3.8) is 0 Å². The summed E-state index contributed by atoms with van der Waals surface area (Å²) in [6.07, 6.45) is 3.63. The van der Waals surface area contributed by atoms with Gasteiger partial charge in [0, 0.05) is 104 Å². The van der Waals surface area contributed by atoms with Crippen molar-refractivity contribution < 1.29 is 20.1 Å². The fourth-order valence-corrected chi connectivity index (χ4v) is 18.4. The van der Waals surface area contributed by atoms with E-state index in [0.29, 0.717) is 52.4 Å². The van der Waals surface area contributed by atoms with Crippen LogP contribution < -0.4 is 0 Å². The Morgan fingerprint density at radius 2 is 0.554 bits per heavy atom. The Kier molecular flexibility index (Phi) is 25.2. The minimum atomic E-state index is -0.0875. The van der Waals surface area contributed by atoms with Crippen molar-refractivity contribution in [1.29, 1.82) is 0 Å². The smallest absolute Gasteiger partial charge is 0.164 e. The van der Waals surface area contributed by atoms with E-state index in [0.717, 1.165) is 101 Å². The van der Waals surface area contributed by atoms with Crippen molar-refractivity contribution in [2.75, 3.05) is 0 Å². The zero-order valence-corrected chi connectivity index (χ0v) is 78.3. The molecule has 13 heteroatoms. The predicted octanol–water partition coefficient (Wildman–Crippen LogP) is 30.7. The van der Waals surface area contributed by atoms with Gasteiger partial charge in [-0.25, -0.2) is 44.9 Å². The largest absolute Gasteiger partial charge is 0.309 e. The second-order valence-electron chi connectivity index (χ2n) is 34.2. The molecule has 0 unspecified atom stereocenters. The van der Waals surface area contributed by atoms with Gasteiger partial charge >= 0.3 is 0 Å². The van der Waals surface area contributed by atoms with Crippen LogP contribution in [0.2, 0.25) is 0 Å². The fraction of sp³-hybridized carbons (Fsp3) is 0.0238. The van der Waals surface area contributed by atoms with Crippen molar-refractivity contribution in [3.05, 3.63) is 509 Å². The van der Waals surface area contributed by atoms with Gasteiger partial charge in [0.15, 0.2) is 52.4 Å². The molecule has 1 radical (unpaired) electrons. The van der Waals surface area contributed by atoms with Gasteiger partial charge in [-0.05, 0) is 131 Å². The molecule has 0 saturated heterocycles. The molecule has 661 valence electrons. The summed E-state index contributed by atoms with van der Waals surface area (Å²) in [4.78, 5) is 53.3. The first kappa shape index (κ1) is 87.9. The molecule has 1 aliphatic carbocycles. The van der Waals surface area contributed by atoms with E-state index in [-0.39, 0.29) is 25.5 Å². The maximum Gasteiger partial charge on any atom is 0.164 e. The fourth-order valence-electron chi connectivity index (χ4n) is 18.4. The summed E-state index contributed by atoms with van der Waals surface area (Å²) in [5.41, 5.74) is 28.0. The number of rotatable bonds is 15. The van der Waals surface area contributed by atoms with Crippen molar-refractivity contribution >= 4 is 43.4 Å². The van der Waals surface area contributed by atoms with Crippen LogP contribution in [0, 0.1) is 12.1 Å². The van der Waals surface area contributed by atoms with Crippen LogP contribution in [0.15, 0.2) is 486 Å². The molecule has 12 nitrogen and oxygen atoms in total. The van der Waals surface area contributed by atoms with Crippen molar-refractivity contribution in [3.8, 4) is 175 Å². The van der Waals surface area contributed by atoms with Gasteiger partial charge in [-0.15, -0.1) is 71.8 Å². The molecule has 6 aromatic heterocycles. The molecule has 25 rings (SSSR count). The quantitative estimate of drug-likeness (QED) is 0.0714. The van der Waals surface area contributed by atoms with E-state index < -0.39 is 0 Å². The molecule has 24 aromatic rings. The van der Waals surface area contributed by atoms with E-state index in [9.17, 15) is 0 Å². The van der Waals surface area contributed by atoms with Crippen LogP contribution >= 0.6 is 0 Å². The molecule has 1 aliphatic rings. The normalized spacial score (nSPS) is 11.5. The van der Waals surface area contributed by atoms with Crippen LogP contribution in [0.25, 0.3) is 219 Å². The van der Waals surface area contributed by atoms with Crippen LogP contribution in [-0.2, 0) is 25.5 Å². The van der Waals surface area contributed by atoms with E-state index >= 15 is 0 Å². The van der Waals surface area contributed by atoms with Crippen LogP contribution in [-0.4, -0.2) is 59.4 Å². The molecule has 0 N–H and O–H groups in total. The number of hydrogen-bond donors (Lipinski definition) is 0.